The minimum Gasteiger partial charge on any atom is -0.316 e. The zero-order valence-corrected chi connectivity index (χ0v) is 10.4. The molecule has 86 valence electrons. The molecule has 0 aromatic heterocycles. The van der Waals surface area contributed by atoms with E-state index in [1.54, 1.807) is 12.1 Å². The summed E-state index contributed by atoms with van der Waals surface area (Å²) in [5.41, 5.74) is 0.996. The molecule has 0 aliphatic carbocycles. The Morgan fingerprint density at radius 3 is 3.00 bits per heavy atom. The van der Waals surface area contributed by atoms with Crippen molar-refractivity contribution < 1.29 is 9.18 Å². The van der Waals surface area contributed by atoms with Crippen LogP contribution in [-0.4, -0.2) is 18.9 Å². The van der Waals surface area contributed by atoms with Crippen LogP contribution in [0, 0.1) is 11.7 Å². The van der Waals surface area contributed by atoms with Crippen molar-refractivity contribution in [2.75, 3.05) is 13.1 Å². The Morgan fingerprint density at radius 1 is 1.50 bits per heavy atom. The monoisotopic (exact) mass is 285 g/mol. The van der Waals surface area contributed by atoms with Gasteiger partial charge in [-0.2, -0.15) is 0 Å². The zero-order chi connectivity index (χ0) is 11.5. The Bertz CT molecular complexity index is 408. The summed E-state index contributed by atoms with van der Waals surface area (Å²) in [6.45, 7) is 1.51. The van der Waals surface area contributed by atoms with Crippen LogP contribution in [0.2, 0.25) is 0 Å². The Morgan fingerprint density at radius 2 is 2.31 bits per heavy atom. The Labute approximate surface area is 102 Å². The third-order valence-electron chi connectivity index (χ3n) is 2.86. The SMILES string of the molecule is O=C1CCNCC1Cc1ccc(F)c(Br)c1. The van der Waals surface area contributed by atoms with Gasteiger partial charge < -0.3 is 5.32 Å². The van der Waals surface area contributed by atoms with Gasteiger partial charge in [0, 0.05) is 25.4 Å². The summed E-state index contributed by atoms with van der Waals surface area (Å²) in [6, 6.07) is 4.92. The van der Waals surface area contributed by atoms with Crippen LogP contribution in [0.25, 0.3) is 0 Å². The second-order valence-electron chi connectivity index (χ2n) is 4.07. The number of nitrogens with one attached hydrogen (secondary N) is 1. The van der Waals surface area contributed by atoms with Gasteiger partial charge in [0.2, 0.25) is 0 Å². The number of piperidine rings is 1. The number of carbonyl (C=O) groups excluding carboxylic acids is 1. The summed E-state index contributed by atoms with van der Waals surface area (Å²) in [5, 5.41) is 3.20. The average Bonchev–Trinajstić information content (AvgIpc) is 2.27. The highest BCUT2D eigenvalue weighted by molar-refractivity contribution is 9.10. The first-order valence-electron chi connectivity index (χ1n) is 5.34. The van der Waals surface area contributed by atoms with Gasteiger partial charge in [-0.3, -0.25) is 4.79 Å². The fourth-order valence-corrected chi connectivity index (χ4v) is 2.37. The third kappa shape index (κ3) is 2.68. The van der Waals surface area contributed by atoms with Crippen LogP contribution < -0.4 is 5.32 Å². The fourth-order valence-electron chi connectivity index (χ4n) is 1.94. The maximum atomic E-state index is 13.0. The van der Waals surface area contributed by atoms with Crippen molar-refractivity contribution in [1.29, 1.82) is 0 Å². The van der Waals surface area contributed by atoms with Gasteiger partial charge in [0.1, 0.15) is 11.6 Å². The number of rotatable bonds is 2. The summed E-state index contributed by atoms with van der Waals surface area (Å²) in [6.07, 6.45) is 1.29. The molecule has 0 saturated carbocycles. The molecule has 1 aromatic carbocycles. The maximum absolute atomic E-state index is 13.0. The topological polar surface area (TPSA) is 29.1 Å². The summed E-state index contributed by atoms with van der Waals surface area (Å²) in [4.78, 5) is 11.6. The third-order valence-corrected chi connectivity index (χ3v) is 3.47. The Hall–Kier alpha value is -0.740. The molecule has 16 heavy (non-hydrogen) atoms. The van der Waals surface area contributed by atoms with E-state index in [0.717, 1.165) is 18.7 Å². The van der Waals surface area contributed by atoms with E-state index in [1.165, 1.54) is 6.07 Å². The van der Waals surface area contributed by atoms with Crippen molar-refractivity contribution in [3.8, 4) is 0 Å². The fraction of sp³-hybridized carbons (Fsp3) is 0.417. The van der Waals surface area contributed by atoms with E-state index in [1.807, 2.05) is 0 Å². The first-order valence-corrected chi connectivity index (χ1v) is 6.13. The van der Waals surface area contributed by atoms with Crippen molar-refractivity contribution in [1.82, 2.24) is 5.32 Å². The highest BCUT2D eigenvalue weighted by atomic mass is 79.9. The van der Waals surface area contributed by atoms with E-state index >= 15 is 0 Å². The lowest BCUT2D eigenvalue weighted by molar-refractivity contribution is -0.123. The first kappa shape index (κ1) is 11.7. The highest BCUT2D eigenvalue weighted by Crippen LogP contribution is 2.20. The molecule has 1 aliphatic heterocycles. The van der Waals surface area contributed by atoms with E-state index < -0.39 is 0 Å². The molecule has 0 amide bonds. The second-order valence-corrected chi connectivity index (χ2v) is 4.92. The van der Waals surface area contributed by atoms with E-state index in [0.29, 0.717) is 23.1 Å². The highest BCUT2D eigenvalue weighted by Gasteiger charge is 2.22. The molecular weight excluding hydrogens is 273 g/mol. The van der Waals surface area contributed by atoms with Crippen molar-refractivity contribution in [2.24, 2.45) is 5.92 Å². The maximum Gasteiger partial charge on any atom is 0.138 e. The van der Waals surface area contributed by atoms with Crippen LogP contribution in [-0.2, 0) is 11.2 Å². The molecule has 0 bridgehead atoms. The lowest BCUT2D eigenvalue weighted by Gasteiger charge is -2.21. The smallest absolute Gasteiger partial charge is 0.138 e. The molecule has 1 heterocycles. The van der Waals surface area contributed by atoms with E-state index in [4.69, 9.17) is 0 Å². The van der Waals surface area contributed by atoms with Gasteiger partial charge in [-0.05, 0) is 40.0 Å². The minimum atomic E-state index is -0.267. The molecule has 1 N–H and O–H groups in total. The molecule has 1 unspecified atom stereocenters. The van der Waals surface area contributed by atoms with Crippen LogP contribution >= 0.6 is 15.9 Å². The largest absolute Gasteiger partial charge is 0.316 e. The molecule has 0 spiro atoms. The number of hydrogen-bond donors (Lipinski definition) is 1. The van der Waals surface area contributed by atoms with Gasteiger partial charge in [0.25, 0.3) is 0 Å². The normalized spacial score (nSPS) is 21.1. The predicted octanol–water partition coefficient (Wildman–Crippen LogP) is 2.31. The van der Waals surface area contributed by atoms with E-state index in [2.05, 4.69) is 21.2 Å². The molecule has 1 aliphatic rings. The van der Waals surface area contributed by atoms with E-state index in [-0.39, 0.29) is 11.7 Å². The lowest BCUT2D eigenvalue weighted by atomic mass is 9.91. The lowest BCUT2D eigenvalue weighted by Crippen LogP contribution is -2.37. The number of carbonyl (C=O) groups is 1. The molecule has 2 rings (SSSR count). The van der Waals surface area contributed by atoms with Gasteiger partial charge in [-0.25, -0.2) is 4.39 Å². The number of benzene rings is 1. The van der Waals surface area contributed by atoms with Crippen LogP contribution in [0.15, 0.2) is 22.7 Å². The molecule has 2 nitrogen and oxygen atoms in total. The Balaban J connectivity index is 2.08. The van der Waals surface area contributed by atoms with E-state index in [9.17, 15) is 9.18 Å². The molecule has 1 fully saturated rings. The second kappa shape index (κ2) is 5.06. The molecular formula is C12H13BrFNO. The number of Topliss-reactive ketones (excluding diaryl/α,β-unsaturated/α-hetero) is 1. The quantitative estimate of drug-likeness (QED) is 0.904. The van der Waals surface area contributed by atoms with Crippen LogP contribution in [0.1, 0.15) is 12.0 Å². The van der Waals surface area contributed by atoms with Crippen LogP contribution in [0.3, 0.4) is 0 Å². The predicted molar refractivity (Wildman–Crippen MR) is 63.8 cm³/mol. The minimum absolute atomic E-state index is 0.0334. The summed E-state index contributed by atoms with van der Waals surface area (Å²) >= 11 is 3.15. The molecule has 0 radical (unpaired) electrons. The first-order chi connectivity index (χ1) is 7.66. The molecule has 1 saturated heterocycles. The molecule has 1 atom stereocenters. The van der Waals surface area contributed by atoms with Gasteiger partial charge in [-0.15, -0.1) is 0 Å². The average molecular weight is 286 g/mol. The van der Waals surface area contributed by atoms with Crippen molar-refractivity contribution in [3.63, 3.8) is 0 Å². The standard InChI is InChI=1S/C12H13BrFNO/c13-10-6-8(1-2-11(10)14)5-9-7-15-4-3-12(9)16/h1-2,6,9,15H,3-5,7H2. The van der Waals surface area contributed by atoms with Crippen molar-refractivity contribution in [2.45, 2.75) is 12.8 Å². The zero-order valence-electron chi connectivity index (χ0n) is 8.80. The van der Waals surface area contributed by atoms with Gasteiger partial charge in [0.05, 0.1) is 4.47 Å². The van der Waals surface area contributed by atoms with Gasteiger partial charge in [-0.1, -0.05) is 6.07 Å². The summed E-state index contributed by atoms with van der Waals surface area (Å²) in [5.74, 6) is 0.0714. The Kier molecular flexibility index (Phi) is 3.71. The van der Waals surface area contributed by atoms with Gasteiger partial charge in [0.15, 0.2) is 0 Å². The number of hydrogen-bond acceptors (Lipinski definition) is 2. The number of ketones is 1. The number of halogens is 2. The van der Waals surface area contributed by atoms with Crippen LogP contribution in [0.5, 0.6) is 0 Å². The summed E-state index contributed by atoms with van der Waals surface area (Å²) in [7, 11) is 0. The molecule has 1 aromatic rings. The molecule has 4 heteroatoms. The van der Waals surface area contributed by atoms with Gasteiger partial charge >= 0.3 is 0 Å². The summed E-state index contributed by atoms with van der Waals surface area (Å²) < 4.78 is 13.5. The van der Waals surface area contributed by atoms with Crippen LogP contribution in [0.4, 0.5) is 4.39 Å². The van der Waals surface area contributed by atoms with Crippen molar-refractivity contribution in [3.05, 3.63) is 34.1 Å². The van der Waals surface area contributed by atoms with Crippen molar-refractivity contribution >= 4 is 21.7 Å².